The quantitative estimate of drug-likeness (QED) is 0.0959. The molecule has 12 nitrogen and oxygen atoms in total. The zero-order chi connectivity index (χ0) is 70.8. The molecule has 0 saturated carbocycles. The van der Waals surface area contributed by atoms with Gasteiger partial charge in [-0.3, -0.25) is 9.97 Å². The van der Waals surface area contributed by atoms with Crippen molar-refractivity contribution < 1.29 is 0 Å². The number of fused-ring (bicyclic) bond motifs is 1. The molecule has 0 amide bonds. The van der Waals surface area contributed by atoms with E-state index in [2.05, 4.69) is 163 Å². The molecule has 6 heterocycles. The topological polar surface area (TPSA) is 155 Å². The van der Waals surface area contributed by atoms with Crippen LogP contribution in [0.2, 0.25) is 0 Å². The molecule has 6 aromatic heterocycles. The highest BCUT2D eigenvalue weighted by molar-refractivity contribution is 5.85. The van der Waals surface area contributed by atoms with Gasteiger partial charge in [0.05, 0.1) is 28.3 Å². The maximum Gasteiger partial charge on any atom is 0.164 e. The second-order valence-electron chi connectivity index (χ2n) is 25.3. The van der Waals surface area contributed by atoms with Crippen molar-refractivity contribution in [1.82, 2.24) is 59.8 Å². The monoisotopic (exact) mass is 1360 g/mol. The van der Waals surface area contributed by atoms with Crippen LogP contribution in [0.5, 0.6) is 0 Å². The average Bonchev–Trinajstić information content (AvgIpc) is 0.803. The molecular weight excluding hydrogens is 1300 g/mol. The zero-order valence-electron chi connectivity index (χ0n) is 57.2. The van der Waals surface area contributed by atoms with Crippen LogP contribution in [0.1, 0.15) is 0 Å². The van der Waals surface area contributed by atoms with Crippen molar-refractivity contribution in [1.29, 1.82) is 0 Å². The lowest BCUT2D eigenvalue weighted by atomic mass is 9.99. The summed E-state index contributed by atoms with van der Waals surface area (Å²) in [4.78, 5) is 58.4. The first kappa shape index (κ1) is 64.7. The van der Waals surface area contributed by atoms with E-state index < -0.39 is 0 Å². The van der Waals surface area contributed by atoms with Crippen LogP contribution in [0.4, 0.5) is 0 Å². The summed E-state index contributed by atoms with van der Waals surface area (Å²) in [5, 5.41) is 1.07. The van der Waals surface area contributed by atoms with Crippen LogP contribution in [0.3, 0.4) is 0 Å². The summed E-state index contributed by atoms with van der Waals surface area (Å²) in [6, 6.07) is 121. The van der Waals surface area contributed by atoms with Crippen LogP contribution in [0.15, 0.2) is 377 Å². The van der Waals surface area contributed by atoms with E-state index >= 15 is 0 Å². The van der Waals surface area contributed by atoms with Crippen molar-refractivity contribution in [3.8, 4) is 170 Å². The van der Waals surface area contributed by atoms with E-state index in [0.29, 0.717) is 46.6 Å². The minimum absolute atomic E-state index is 0.611. The zero-order valence-corrected chi connectivity index (χ0v) is 57.2. The van der Waals surface area contributed by atoms with Crippen molar-refractivity contribution >= 4 is 10.9 Å². The molecular formula is C94H62N12. The molecule has 0 unspecified atom stereocenters. The predicted molar refractivity (Wildman–Crippen MR) is 425 cm³/mol. The lowest BCUT2D eigenvalue weighted by molar-refractivity contribution is 1.07. The van der Waals surface area contributed by atoms with Gasteiger partial charge in [0.1, 0.15) is 0 Å². The molecule has 498 valence electrons. The Kier molecular flexibility index (Phi) is 18.3. The molecule has 0 spiro atoms. The van der Waals surface area contributed by atoms with Crippen LogP contribution < -0.4 is 0 Å². The Morgan fingerprint density at radius 3 is 0.774 bits per heavy atom. The molecule has 12 heteroatoms. The van der Waals surface area contributed by atoms with Gasteiger partial charge >= 0.3 is 0 Å². The lowest BCUT2D eigenvalue weighted by Gasteiger charge is -2.11. The third kappa shape index (κ3) is 14.5. The van der Waals surface area contributed by atoms with Crippen LogP contribution >= 0.6 is 0 Å². The van der Waals surface area contributed by atoms with E-state index in [4.69, 9.17) is 54.8 Å². The second-order valence-corrected chi connectivity index (χ2v) is 25.3. The van der Waals surface area contributed by atoms with E-state index in [1.807, 2.05) is 206 Å². The molecule has 0 aliphatic carbocycles. The van der Waals surface area contributed by atoms with Gasteiger partial charge in [0.25, 0.3) is 0 Å². The molecule has 0 fully saturated rings. The molecule has 0 aliphatic rings. The van der Waals surface area contributed by atoms with Crippen LogP contribution in [0.25, 0.3) is 180 Å². The Hall–Kier alpha value is -14.6. The highest BCUT2D eigenvalue weighted by Crippen LogP contribution is 2.36. The minimum Gasteiger partial charge on any atom is -0.265 e. The number of para-hydroxylation sites is 1. The van der Waals surface area contributed by atoms with Gasteiger partial charge in [-0.2, -0.15) is 0 Å². The average molecular weight is 1360 g/mol. The van der Waals surface area contributed by atoms with Gasteiger partial charge in [0.15, 0.2) is 46.6 Å². The lowest BCUT2D eigenvalue weighted by Crippen LogP contribution is -2.00. The van der Waals surface area contributed by atoms with E-state index in [1.54, 1.807) is 12.4 Å². The maximum atomic E-state index is 5.06. The molecule has 106 heavy (non-hydrogen) atoms. The van der Waals surface area contributed by atoms with Crippen molar-refractivity contribution in [3.05, 3.63) is 377 Å². The number of pyridine rings is 2. The van der Waals surface area contributed by atoms with Gasteiger partial charge in [0, 0.05) is 90.7 Å². The first-order valence-electron chi connectivity index (χ1n) is 34.9. The Morgan fingerprint density at radius 1 is 0.151 bits per heavy atom. The summed E-state index contributed by atoms with van der Waals surface area (Å²) in [5.74, 6) is 5.11. The largest absolute Gasteiger partial charge is 0.265 e. The molecule has 0 radical (unpaired) electrons. The normalized spacial score (nSPS) is 11.0. The Labute approximate surface area is 613 Å². The van der Waals surface area contributed by atoms with Crippen molar-refractivity contribution in [3.63, 3.8) is 0 Å². The number of rotatable bonds is 15. The number of nitrogens with zero attached hydrogens (tertiary/aromatic N) is 12. The Morgan fingerprint density at radius 2 is 0.406 bits per heavy atom. The van der Waals surface area contributed by atoms with Crippen molar-refractivity contribution in [2.75, 3.05) is 0 Å². The summed E-state index contributed by atoms with van der Waals surface area (Å²) in [7, 11) is 0. The number of hydrogen-bond acceptors (Lipinski definition) is 12. The first-order chi connectivity index (χ1) is 52.5. The van der Waals surface area contributed by atoms with Gasteiger partial charge in [-0.15, -0.1) is 0 Å². The number of aromatic nitrogens is 12. The molecule has 12 aromatic carbocycles. The molecule has 0 N–H and O–H groups in total. The first-order valence-corrected chi connectivity index (χ1v) is 34.9. The smallest absolute Gasteiger partial charge is 0.164 e. The van der Waals surface area contributed by atoms with Crippen molar-refractivity contribution in [2.24, 2.45) is 0 Å². The Balaban J connectivity index is 0.000000156. The van der Waals surface area contributed by atoms with E-state index in [-0.39, 0.29) is 0 Å². The number of benzene rings is 12. The summed E-state index contributed by atoms with van der Waals surface area (Å²) >= 11 is 0. The Bertz CT molecular complexity index is 5970. The minimum atomic E-state index is 0.611. The molecule has 0 atom stereocenters. The van der Waals surface area contributed by atoms with Crippen LogP contribution in [-0.2, 0) is 0 Å². The molecule has 0 bridgehead atoms. The molecule has 18 aromatic rings. The highest BCUT2D eigenvalue weighted by Gasteiger charge is 2.19. The fraction of sp³-hybridized carbons (Fsp3) is 0. The summed E-state index contributed by atoms with van der Waals surface area (Å²) in [5.41, 5.74) is 22.3. The van der Waals surface area contributed by atoms with Gasteiger partial charge in [-0.1, -0.05) is 309 Å². The summed E-state index contributed by atoms with van der Waals surface area (Å²) < 4.78 is 0. The maximum absolute atomic E-state index is 5.06. The molecule has 0 saturated heterocycles. The molecule has 18 rings (SSSR count). The fourth-order valence-electron chi connectivity index (χ4n) is 12.7. The summed E-state index contributed by atoms with van der Waals surface area (Å²) in [6.45, 7) is 0. The van der Waals surface area contributed by atoms with Gasteiger partial charge < -0.3 is 0 Å². The van der Waals surface area contributed by atoms with Crippen LogP contribution in [-0.4, -0.2) is 59.8 Å². The van der Waals surface area contributed by atoms with Crippen molar-refractivity contribution in [2.45, 2.75) is 0 Å². The van der Waals surface area contributed by atoms with Crippen LogP contribution in [0, 0.1) is 0 Å². The number of hydrogen-bond donors (Lipinski definition) is 0. The van der Waals surface area contributed by atoms with E-state index in [1.165, 1.54) is 0 Å². The fourth-order valence-corrected chi connectivity index (χ4v) is 12.7. The SMILES string of the molecule is c1ccc(-c2cc(-c3cccc(-c4ccc(-c5nc(-c6ccccc6)nc(-c6ccc(-c7ccncc7)cc6)n5)cc4)c3)nc(-c3ccccc3)n2)cc1.c1ccc(-c2nc(-c3cccc(-c4ccc(-c5nc(-c6ccccc6)nc(-c6ccccc6)n5)cc4)c3)cc(-c3cnc4ccccc4c3)n2)cc1. The summed E-state index contributed by atoms with van der Waals surface area (Å²) in [6.07, 6.45) is 5.49. The predicted octanol–water partition coefficient (Wildman–Crippen LogP) is 22.3. The second kappa shape index (κ2) is 29.9. The third-order valence-corrected chi connectivity index (χ3v) is 18.3. The van der Waals surface area contributed by atoms with Gasteiger partial charge in [-0.05, 0) is 81.9 Å². The third-order valence-electron chi connectivity index (χ3n) is 18.3. The van der Waals surface area contributed by atoms with E-state index in [9.17, 15) is 0 Å². The highest BCUT2D eigenvalue weighted by atomic mass is 15.0. The van der Waals surface area contributed by atoms with E-state index in [0.717, 1.165) is 134 Å². The molecule has 0 aliphatic heterocycles. The standard InChI is InChI=1S/C48H32N6.C46H30N6/c1-4-11-36(12-5-1)43-32-44(51-45(50-43)37-13-6-2-7-14-37)42-18-10-17-41(31-42)34-21-25-40(26-22-34)48-53-46(38-15-8-3-9-16-38)52-47(54-48)39-23-19-33(20-24-39)35-27-29-49-30-28-35;1-4-13-32(14-5-1)43-48-41(29-42(49-43)39-28-37-19-10-11-22-40(37)47-30-39)38-21-12-20-36(27-38)31-23-25-35(26-24-31)46-51-44(33-15-6-2-7-16-33)50-45(52-46)34-17-8-3-9-18-34/h1-32H;1-30H. The van der Waals surface area contributed by atoms with Gasteiger partial charge in [0.2, 0.25) is 0 Å². The van der Waals surface area contributed by atoms with Gasteiger partial charge in [-0.25, -0.2) is 49.8 Å².